The molecular weight excluding hydrogens is 425 g/mol. The van der Waals surface area contributed by atoms with E-state index >= 15 is 0 Å². The van der Waals surface area contributed by atoms with Crippen molar-refractivity contribution in [3.63, 3.8) is 0 Å². The first-order chi connectivity index (χ1) is 14.6. The lowest BCUT2D eigenvalue weighted by atomic mass is 9.92. The van der Waals surface area contributed by atoms with Gasteiger partial charge in [-0.2, -0.15) is 0 Å². The summed E-state index contributed by atoms with van der Waals surface area (Å²) in [5, 5.41) is 2.62. The summed E-state index contributed by atoms with van der Waals surface area (Å²) < 4.78 is 45.0. The summed E-state index contributed by atoms with van der Waals surface area (Å²) in [7, 11) is -3.78. The van der Waals surface area contributed by atoms with Gasteiger partial charge in [0.2, 0.25) is 0 Å². The molecule has 1 aromatic carbocycles. The normalized spacial score (nSPS) is 27.1. The minimum absolute atomic E-state index is 0.0144. The summed E-state index contributed by atoms with van der Waals surface area (Å²) >= 11 is 0. The molecule has 2 atom stereocenters. The molecule has 9 nitrogen and oxygen atoms in total. The van der Waals surface area contributed by atoms with Gasteiger partial charge in [-0.15, -0.1) is 0 Å². The Balaban J connectivity index is 1.69. The van der Waals surface area contributed by atoms with Crippen molar-refractivity contribution in [3.05, 3.63) is 53.4 Å². The molecule has 11 heteroatoms. The molecule has 164 valence electrons. The number of rotatable bonds is 3. The van der Waals surface area contributed by atoms with Crippen LogP contribution in [0.1, 0.15) is 35.1 Å². The predicted octanol–water partition coefficient (Wildman–Crippen LogP) is 1.34. The third kappa shape index (κ3) is 3.57. The van der Waals surface area contributed by atoms with Crippen LogP contribution in [0.15, 0.2) is 35.6 Å². The third-order valence-electron chi connectivity index (χ3n) is 5.70. The van der Waals surface area contributed by atoms with Crippen molar-refractivity contribution in [1.29, 1.82) is 0 Å². The first kappa shape index (κ1) is 21.3. The second kappa shape index (κ2) is 7.34. The first-order valence-electron chi connectivity index (χ1n) is 9.62. The van der Waals surface area contributed by atoms with Gasteiger partial charge in [-0.1, -0.05) is 0 Å². The van der Waals surface area contributed by atoms with Crippen LogP contribution in [0.5, 0.6) is 0 Å². The standard InChI is InChI=1S/C20H22FN5O4S/c1-12-8-24-16(9-23-12)17(27)25-13-3-4-15(21)14(7-13)19(2)11-31(28,29)20(18(22)26-19)5-6-30-10-20/h3-4,7-9H,5-6,10-11H2,1-2H3,(H2,22,26)(H,25,27)/t19-,20?/m0/s1. The highest BCUT2D eigenvalue weighted by Gasteiger charge is 2.57. The summed E-state index contributed by atoms with van der Waals surface area (Å²) in [6, 6.07) is 3.89. The maximum atomic E-state index is 14.8. The van der Waals surface area contributed by atoms with Crippen LogP contribution in [0, 0.1) is 12.7 Å². The number of amidine groups is 1. The van der Waals surface area contributed by atoms with Crippen LogP contribution < -0.4 is 11.1 Å². The molecule has 0 aliphatic carbocycles. The lowest BCUT2D eigenvalue weighted by molar-refractivity contribution is 0.102. The highest BCUT2D eigenvalue weighted by Crippen LogP contribution is 2.41. The predicted molar refractivity (Wildman–Crippen MR) is 112 cm³/mol. The topological polar surface area (TPSA) is 137 Å². The number of benzene rings is 1. The Kier molecular flexibility index (Phi) is 5.05. The fourth-order valence-electron chi connectivity index (χ4n) is 3.92. The fraction of sp³-hybridized carbons (Fsp3) is 0.400. The molecule has 1 fully saturated rings. The van der Waals surface area contributed by atoms with E-state index in [-0.39, 0.29) is 42.4 Å². The molecule has 4 rings (SSSR count). The Morgan fingerprint density at radius 3 is 2.68 bits per heavy atom. The second-order valence-electron chi connectivity index (χ2n) is 8.02. The summed E-state index contributed by atoms with van der Waals surface area (Å²) in [4.78, 5) is 24.9. The maximum absolute atomic E-state index is 14.8. The van der Waals surface area contributed by atoms with Gasteiger partial charge in [-0.3, -0.25) is 14.8 Å². The molecule has 1 unspecified atom stereocenters. The average molecular weight is 447 g/mol. The zero-order chi connectivity index (χ0) is 22.4. The molecule has 1 saturated heterocycles. The summed E-state index contributed by atoms with van der Waals surface area (Å²) in [6.45, 7) is 3.46. The van der Waals surface area contributed by atoms with E-state index in [4.69, 9.17) is 10.5 Å². The minimum atomic E-state index is -3.78. The Morgan fingerprint density at radius 2 is 2.06 bits per heavy atom. The number of halogens is 1. The Labute approximate surface area is 178 Å². The Hall–Kier alpha value is -2.92. The average Bonchev–Trinajstić information content (AvgIpc) is 3.20. The molecular formula is C20H22FN5O4S. The number of aromatic nitrogens is 2. The zero-order valence-electron chi connectivity index (χ0n) is 17.1. The van der Waals surface area contributed by atoms with Crippen molar-refractivity contribution in [2.24, 2.45) is 10.7 Å². The summed E-state index contributed by atoms with van der Waals surface area (Å²) in [5.41, 5.74) is 5.68. The van der Waals surface area contributed by atoms with E-state index in [1.54, 1.807) is 6.92 Å². The van der Waals surface area contributed by atoms with Gasteiger partial charge < -0.3 is 15.8 Å². The van der Waals surface area contributed by atoms with E-state index in [0.29, 0.717) is 5.69 Å². The van der Waals surface area contributed by atoms with Crippen LogP contribution in [0.4, 0.5) is 10.1 Å². The van der Waals surface area contributed by atoms with Gasteiger partial charge in [0.05, 0.1) is 24.3 Å². The van der Waals surface area contributed by atoms with Gasteiger partial charge in [-0.25, -0.2) is 17.8 Å². The Morgan fingerprint density at radius 1 is 1.29 bits per heavy atom. The van der Waals surface area contributed by atoms with E-state index in [1.165, 1.54) is 31.5 Å². The zero-order valence-corrected chi connectivity index (χ0v) is 17.9. The van der Waals surface area contributed by atoms with E-state index < -0.39 is 37.6 Å². The van der Waals surface area contributed by atoms with Crippen molar-refractivity contribution in [2.45, 2.75) is 30.6 Å². The van der Waals surface area contributed by atoms with Crippen LogP contribution in [0.3, 0.4) is 0 Å². The molecule has 2 aromatic rings. The van der Waals surface area contributed by atoms with Gasteiger partial charge in [-0.05, 0) is 38.5 Å². The second-order valence-corrected chi connectivity index (χ2v) is 10.3. The molecule has 2 aliphatic rings. The molecule has 31 heavy (non-hydrogen) atoms. The molecule has 3 N–H and O–H groups in total. The highest BCUT2D eigenvalue weighted by molar-refractivity contribution is 7.93. The van der Waals surface area contributed by atoms with Gasteiger partial charge in [0, 0.05) is 24.1 Å². The summed E-state index contributed by atoms with van der Waals surface area (Å²) in [5.74, 6) is -1.69. The van der Waals surface area contributed by atoms with Gasteiger partial charge >= 0.3 is 0 Å². The Bertz CT molecular complexity index is 1180. The van der Waals surface area contributed by atoms with Crippen molar-refractivity contribution < 1.29 is 22.3 Å². The molecule has 0 radical (unpaired) electrons. The smallest absolute Gasteiger partial charge is 0.275 e. The molecule has 0 saturated carbocycles. The van der Waals surface area contributed by atoms with Gasteiger partial charge in [0.15, 0.2) is 14.6 Å². The van der Waals surface area contributed by atoms with E-state index in [0.717, 1.165) is 6.07 Å². The number of aryl methyl sites for hydroxylation is 1. The summed E-state index contributed by atoms with van der Waals surface area (Å²) in [6.07, 6.45) is 3.01. The number of hydrogen-bond donors (Lipinski definition) is 2. The monoisotopic (exact) mass is 447 g/mol. The highest BCUT2D eigenvalue weighted by atomic mass is 32.2. The SMILES string of the molecule is Cc1cnc(C(=O)Nc2ccc(F)c([C@]3(C)CS(=O)(=O)C4(CCOC4)C(N)=N3)c2)cn1. The van der Waals surface area contributed by atoms with Crippen molar-refractivity contribution >= 4 is 27.3 Å². The number of aliphatic imine (C=N–C) groups is 1. The fourth-order valence-corrected chi connectivity index (χ4v) is 6.18. The number of anilines is 1. The van der Waals surface area contributed by atoms with Crippen molar-refractivity contribution in [1.82, 2.24) is 9.97 Å². The molecule has 3 heterocycles. The number of nitrogens with one attached hydrogen (secondary N) is 1. The van der Waals surface area contributed by atoms with Crippen LogP contribution in [-0.2, 0) is 20.1 Å². The number of carbonyl (C=O) groups excluding carboxylic acids is 1. The third-order valence-corrected chi connectivity index (χ3v) is 8.37. The largest absolute Gasteiger partial charge is 0.386 e. The number of ether oxygens (including phenoxy) is 1. The quantitative estimate of drug-likeness (QED) is 0.724. The lowest BCUT2D eigenvalue weighted by Crippen LogP contribution is -2.58. The first-order valence-corrected chi connectivity index (χ1v) is 11.3. The van der Waals surface area contributed by atoms with E-state index in [1.807, 2.05) is 0 Å². The molecule has 1 aromatic heterocycles. The molecule has 0 bridgehead atoms. The lowest BCUT2D eigenvalue weighted by Gasteiger charge is -2.39. The maximum Gasteiger partial charge on any atom is 0.275 e. The van der Waals surface area contributed by atoms with Crippen LogP contribution in [0.25, 0.3) is 0 Å². The van der Waals surface area contributed by atoms with Crippen molar-refractivity contribution in [2.75, 3.05) is 24.3 Å². The minimum Gasteiger partial charge on any atom is -0.386 e. The molecule has 2 aliphatic heterocycles. The van der Waals surface area contributed by atoms with Crippen LogP contribution in [-0.4, -0.2) is 53.8 Å². The van der Waals surface area contributed by atoms with Gasteiger partial charge in [0.1, 0.15) is 22.9 Å². The van der Waals surface area contributed by atoms with Crippen LogP contribution in [0.2, 0.25) is 0 Å². The van der Waals surface area contributed by atoms with E-state index in [9.17, 15) is 17.6 Å². The van der Waals surface area contributed by atoms with E-state index in [2.05, 4.69) is 20.3 Å². The van der Waals surface area contributed by atoms with Crippen molar-refractivity contribution in [3.8, 4) is 0 Å². The number of hydrogen-bond acceptors (Lipinski definition) is 8. The number of carbonyl (C=O) groups is 1. The number of nitrogens with two attached hydrogens (primary N) is 1. The molecule has 1 spiro atoms. The number of amides is 1. The van der Waals surface area contributed by atoms with Gasteiger partial charge in [0.25, 0.3) is 5.91 Å². The van der Waals surface area contributed by atoms with Crippen LogP contribution >= 0.6 is 0 Å². The number of nitrogens with zero attached hydrogens (tertiary/aromatic N) is 3. The number of sulfone groups is 1. The molecule has 1 amide bonds.